The molecule has 2 N–H and O–H groups in total. The quantitative estimate of drug-likeness (QED) is 0.682. The van der Waals surface area contributed by atoms with E-state index >= 15 is 0 Å². The number of hydrogen-bond acceptors (Lipinski definition) is 4. The van der Waals surface area contributed by atoms with E-state index in [0.717, 1.165) is 0 Å². The van der Waals surface area contributed by atoms with Crippen LogP contribution in [0.2, 0.25) is 0 Å². The van der Waals surface area contributed by atoms with E-state index in [0.29, 0.717) is 5.56 Å². The molecule has 1 unspecified atom stereocenters. The Bertz CT molecular complexity index is 829. The van der Waals surface area contributed by atoms with Gasteiger partial charge in [0.2, 0.25) is 0 Å². The van der Waals surface area contributed by atoms with E-state index in [4.69, 9.17) is 4.74 Å². The van der Waals surface area contributed by atoms with Crippen LogP contribution in [0.1, 0.15) is 29.3 Å². The maximum atomic E-state index is 12.5. The number of halogens is 2. The fraction of sp³-hybridized carbons (Fsp3) is 0.300. The Morgan fingerprint density at radius 1 is 1.14 bits per heavy atom. The molecule has 1 amide bonds. The number of rotatable bonds is 9. The van der Waals surface area contributed by atoms with Crippen LogP contribution >= 0.6 is 0 Å². The SMILES string of the molecule is CCC(CNC(=O)c1ccc(OC(F)F)c(OC)c1)(C(=O)O)c1ccccc1. The van der Waals surface area contributed by atoms with E-state index in [9.17, 15) is 23.5 Å². The minimum atomic E-state index is -3.03. The molecular weight excluding hydrogens is 372 g/mol. The third-order valence-electron chi connectivity index (χ3n) is 4.53. The third kappa shape index (κ3) is 4.57. The highest BCUT2D eigenvalue weighted by molar-refractivity contribution is 5.95. The van der Waals surface area contributed by atoms with Gasteiger partial charge in [0.25, 0.3) is 5.91 Å². The van der Waals surface area contributed by atoms with Crippen LogP contribution < -0.4 is 14.8 Å². The molecule has 2 aromatic carbocycles. The lowest BCUT2D eigenvalue weighted by atomic mass is 9.78. The Hall–Kier alpha value is -3.16. The highest BCUT2D eigenvalue weighted by atomic mass is 19.3. The minimum absolute atomic E-state index is 0.0315. The fourth-order valence-electron chi connectivity index (χ4n) is 2.87. The molecule has 1 atom stereocenters. The molecule has 2 aromatic rings. The van der Waals surface area contributed by atoms with Gasteiger partial charge in [0, 0.05) is 12.1 Å². The van der Waals surface area contributed by atoms with Gasteiger partial charge in [-0.15, -0.1) is 0 Å². The topological polar surface area (TPSA) is 84.9 Å². The molecule has 28 heavy (non-hydrogen) atoms. The van der Waals surface area contributed by atoms with Crippen molar-refractivity contribution in [3.05, 3.63) is 59.7 Å². The van der Waals surface area contributed by atoms with Crippen molar-refractivity contribution in [2.75, 3.05) is 13.7 Å². The number of hydrogen-bond donors (Lipinski definition) is 2. The summed E-state index contributed by atoms with van der Waals surface area (Å²) in [6.45, 7) is -1.44. The molecule has 0 aliphatic carbocycles. The zero-order chi connectivity index (χ0) is 20.7. The minimum Gasteiger partial charge on any atom is -0.493 e. The molecule has 0 saturated heterocycles. The summed E-state index contributed by atoms with van der Waals surface area (Å²) >= 11 is 0. The maximum absolute atomic E-state index is 12.5. The first-order valence-electron chi connectivity index (χ1n) is 8.54. The van der Waals surface area contributed by atoms with E-state index in [1.165, 1.54) is 25.3 Å². The van der Waals surface area contributed by atoms with Crippen LogP contribution in [0, 0.1) is 0 Å². The number of amides is 1. The third-order valence-corrected chi connectivity index (χ3v) is 4.53. The van der Waals surface area contributed by atoms with Crippen molar-refractivity contribution in [2.45, 2.75) is 25.4 Å². The number of carbonyl (C=O) groups is 2. The van der Waals surface area contributed by atoms with Gasteiger partial charge >= 0.3 is 12.6 Å². The van der Waals surface area contributed by atoms with E-state index < -0.39 is 23.9 Å². The molecule has 0 aliphatic rings. The second kappa shape index (κ2) is 9.16. The van der Waals surface area contributed by atoms with Crippen molar-refractivity contribution in [3.63, 3.8) is 0 Å². The molecule has 150 valence electrons. The van der Waals surface area contributed by atoms with Crippen molar-refractivity contribution in [1.82, 2.24) is 5.32 Å². The summed E-state index contributed by atoms with van der Waals surface area (Å²) in [4.78, 5) is 24.5. The summed E-state index contributed by atoms with van der Waals surface area (Å²) in [7, 11) is 1.26. The molecule has 0 spiro atoms. The molecular formula is C20H21F2NO5. The molecule has 0 fully saturated rings. The number of ether oxygens (including phenoxy) is 2. The number of nitrogens with one attached hydrogen (secondary N) is 1. The van der Waals surface area contributed by atoms with Crippen molar-refractivity contribution in [3.8, 4) is 11.5 Å². The standard InChI is InChI=1S/C20H21F2NO5/c1-3-20(18(25)26,14-7-5-4-6-8-14)12-23-17(24)13-9-10-15(28-19(21)22)16(11-13)27-2/h4-11,19H,3,12H2,1-2H3,(H,23,24)(H,25,26). The summed E-state index contributed by atoms with van der Waals surface area (Å²) in [5, 5.41) is 12.4. The number of benzene rings is 2. The number of carboxylic acids is 1. The molecule has 0 aromatic heterocycles. The predicted octanol–water partition coefficient (Wildman–Crippen LogP) is 3.46. The summed E-state index contributed by atoms with van der Waals surface area (Å²) in [6, 6.07) is 12.4. The Labute approximate surface area is 161 Å². The number of aliphatic carboxylic acids is 1. The first kappa shape index (κ1) is 21.1. The normalized spacial score (nSPS) is 12.9. The van der Waals surface area contributed by atoms with Crippen LogP contribution in [0.15, 0.2) is 48.5 Å². The lowest BCUT2D eigenvalue weighted by Crippen LogP contribution is -2.46. The van der Waals surface area contributed by atoms with Gasteiger partial charge in [0.1, 0.15) is 5.41 Å². The largest absolute Gasteiger partial charge is 0.493 e. The molecule has 8 heteroatoms. The first-order valence-corrected chi connectivity index (χ1v) is 8.54. The van der Waals surface area contributed by atoms with Gasteiger partial charge in [-0.3, -0.25) is 9.59 Å². The summed E-state index contributed by atoms with van der Waals surface area (Å²) < 4.78 is 34.1. The molecule has 0 saturated carbocycles. The van der Waals surface area contributed by atoms with E-state index in [1.807, 2.05) is 0 Å². The van der Waals surface area contributed by atoms with Gasteiger partial charge in [0.15, 0.2) is 11.5 Å². The molecule has 0 heterocycles. The second-order valence-electron chi connectivity index (χ2n) is 6.03. The van der Waals surface area contributed by atoms with Crippen molar-refractivity contribution >= 4 is 11.9 Å². The smallest absolute Gasteiger partial charge is 0.387 e. The summed E-state index contributed by atoms with van der Waals surface area (Å²) in [6.07, 6.45) is 0.261. The van der Waals surface area contributed by atoms with Crippen molar-refractivity contribution in [1.29, 1.82) is 0 Å². The monoisotopic (exact) mass is 393 g/mol. The summed E-state index contributed by atoms with van der Waals surface area (Å²) in [5.74, 6) is -1.85. The van der Waals surface area contributed by atoms with Crippen LogP contribution in [-0.4, -0.2) is 37.2 Å². The number of methoxy groups -OCH3 is 1. The fourth-order valence-corrected chi connectivity index (χ4v) is 2.87. The number of carbonyl (C=O) groups excluding carboxylic acids is 1. The molecule has 2 rings (SSSR count). The van der Waals surface area contributed by atoms with Crippen molar-refractivity contribution in [2.24, 2.45) is 0 Å². The second-order valence-corrected chi connectivity index (χ2v) is 6.03. The van der Waals surface area contributed by atoms with Crippen molar-refractivity contribution < 1.29 is 33.0 Å². The average Bonchev–Trinajstić information content (AvgIpc) is 2.69. The van der Waals surface area contributed by atoms with Gasteiger partial charge in [-0.25, -0.2) is 0 Å². The lowest BCUT2D eigenvalue weighted by Gasteiger charge is -2.29. The van der Waals surface area contributed by atoms with Crippen LogP contribution in [0.3, 0.4) is 0 Å². The summed E-state index contributed by atoms with van der Waals surface area (Å²) in [5.41, 5.74) is -0.592. The molecule has 0 aliphatic heterocycles. The van der Waals surface area contributed by atoms with E-state index in [2.05, 4.69) is 10.1 Å². The Balaban J connectivity index is 2.22. The van der Waals surface area contributed by atoms with Gasteiger partial charge in [-0.05, 0) is 30.2 Å². The van der Waals surface area contributed by atoms with Crippen LogP contribution in [0.25, 0.3) is 0 Å². The van der Waals surface area contributed by atoms with Gasteiger partial charge in [-0.2, -0.15) is 8.78 Å². The van der Waals surface area contributed by atoms with E-state index in [-0.39, 0.29) is 30.0 Å². The zero-order valence-corrected chi connectivity index (χ0v) is 15.4. The van der Waals surface area contributed by atoms with Gasteiger partial charge < -0.3 is 19.9 Å². The Morgan fingerprint density at radius 3 is 2.36 bits per heavy atom. The predicted molar refractivity (Wildman–Crippen MR) is 98.0 cm³/mol. The van der Waals surface area contributed by atoms with E-state index in [1.54, 1.807) is 37.3 Å². The average molecular weight is 393 g/mol. The molecule has 6 nitrogen and oxygen atoms in total. The lowest BCUT2D eigenvalue weighted by molar-refractivity contribution is -0.143. The number of carboxylic acid groups (broad SMARTS) is 1. The molecule has 0 bridgehead atoms. The first-order chi connectivity index (χ1) is 13.3. The molecule has 0 radical (unpaired) electrons. The Morgan fingerprint density at radius 2 is 1.82 bits per heavy atom. The highest BCUT2D eigenvalue weighted by Gasteiger charge is 2.39. The highest BCUT2D eigenvalue weighted by Crippen LogP contribution is 2.30. The van der Waals surface area contributed by atoms with Crippen LogP contribution in [-0.2, 0) is 10.2 Å². The number of alkyl halides is 2. The van der Waals surface area contributed by atoms with Crippen LogP contribution in [0.5, 0.6) is 11.5 Å². The maximum Gasteiger partial charge on any atom is 0.387 e. The van der Waals surface area contributed by atoms with Gasteiger partial charge in [0.05, 0.1) is 7.11 Å². The van der Waals surface area contributed by atoms with Gasteiger partial charge in [-0.1, -0.05) is 37.3 Å². The Kier molecular flexibility index (Phi) is 6.92. The zero-order valence-electron chi connectivity index (χ0n) is 15.4. The van der Waals surface area contributed by atoms with Crippen LogP contribution in [0.4, 0.5) is 8.78 Å².